The lowest BCUT2D eigenvalue weighted by molar-refractivity contribution is -0.135. The molecule has 2 fully saturated rings. The van der Waals surface area contributed by atoms with Gasteiger partial charge in [-0.15, -0.1) is 0 Å². The molecule has 3 heterocycles. The Morgan fingerprint density at radius 2 is 2.15 bits per heavy atom. The van der Waals surface area contributed by atoms with Gasteiger partial charge in [0.05, 0.1) is 25.0 Å². The van der Waals surface area contributed by atoms with E-state index in [9.17, 15) is 4.79 Å². The summed E-state index contributed by atoms with van der Waals surface area (Å²) < 4.78 is 12.6. The van der Waals surface area contributed by atoms with Gasteiger partial charge in [0.1, 0.15) is 6.04 Å². The van der Waals surface area contributed by atoms with E-state index in [-0.39, 0.29) is 11.9 Å². The number of aromatic nitrogens is 4. The molecule has 0 aromatic carbocycles. The van der Waals surface area contributed by atoms with Gasteiger partial charge in [-0.3, -0.25) is 9.48 Å². The summed E-state index contributed by atoms with van der Waals surface area (Å²) in [6.07, 6.45) is 9.63. The van der Waals surface area contributed by atoms with Crippen molar-refractivity contribution in [1.29, 1.82) is 0 Å². The van der Waals surface area contributed by atoms with Gasteiger partial charge in [-0.2, -0.15) is 10.1 Å². The van der Waals surface area contributed by atoms with Crippen LogP contribution in [0, 0.1) is 5.92 Å². The van der Waals surface area contributed by atoms with Gasteiger partial charge >= 0.3 is 0 Å². The minimum Gasteiger partial charge on any atom is -0.377 e. The maximum absolute atomic E-state index is 12.9. The van der Waals surface area contributed by atoms with Crippen molar-refractivity contribution in [1.82, 2.24) is 24.8 Å². The third-order valence-corrected chi connectivity index (χ3v) is 5.35. The fraction of sp³-hybridized carbons (Fsp3) is 0.579. The smallest absolute Gasteiger partial charge is 0.261 e. The topological polar surface area (TPSA) is 86.3 Å². The average Bonchev–Trinajstić information content (AvgIpc) is 3.32. The van der Waals surface area contributed by atoms with E-state index in [1.54, 1.807) is 15.8 Å². The van der Waals surface area contributed by atoms with Crippen molar-refractivity contribution in [2.45, 2.75) is 38.6 Å². The number of carbonyl (C=O) groups is 1. The zero-order valence-electron chi connectivity index (χ0n) is 15.8. The molecule has 1 saturated heterocycles. The third-order valence-electron chi connectivity index (χ3n) is 5.35. The number of rotatable bonds is 3. The van der Waals surface area contributed by atoms with Gasteiger partial charge in [-0.05, 0) is 31.6 Å². The number of amides is 1. The molecule has 0 radical (unpaired) electrons. The quantitative estimate of drug-likeness (QED) is 0.771. The van der Waals surface area contributed by atoms with Crippen LogP contribution in [-0.2, 0) is 16.6 Å². The molecule has 1 aliphatic heterocycles. The molecule has 0 N–H and O–H groups in total. The lowest BCUT2D eigenvalue weighted by Gasteiger charge is -2.33. The third kappa shape index (κ3) is 3.95. The van der Waals surface area contributed by atoms with E-state index in [0.717, 1.165) is 37.2 Å². The summed E-state index contributed by atoms with van der Waals surface area (Å²) in [7, 11) is 1.83. The SMILES string of the molecule is CC1CCC(=CC(=O)N2CCOCC2c2noc(-c3cnn(C)c3)n2)CC1. The fourth-order valence-corrected chi connectivity index (χ4v) is 3.64. The van der Waals surface area contributed by atoms with Crippen molar-refractivity contribution in [3.8, 4) is 11.5 Å². The maximum atomic E-state index is 12.9. The second kappa shape index (κ2) is 7.64. The zero-order chi connectivity index (χ0) is 18.8. The highest BCUT2D eigenvalue weighted by atomic mass is 16.5. The number of hydrogen-bond acceptors (Lipinski definition) is 6. The van der Waals surface area contributed by atoms with Crippen molar-refractivity contribution in [3.05, 3.63) is 29.9 Å². The number of nitrogens with zero attached hydrogens (tertiary/aromatic N) is 5. The van der Waals surface area contributed by atoms with E-state index >= 15 is 0 Å². The molecule has 8 heteroatoms. The molecule has 1 amide bonds. The molecule has 0 spiro atoms. The Morgan fingerprint density at radius 1 is 1.33 bits per heavy atom. The number of hydrogen-bond donors (Lipinski definition) is 0. The standard InChI is InChI=1S/C19H25N5O3/c1-13-3-5-14(6-4-13)9-17(25)24-7-8-26-12-16(24)18-21-19(27-22-18)15-10-20-23(2)11-15/h9-11,13,16H,3-8,12H2,1-2H3. The molecule has 2 aliphatic rings. The second-order valence-corrected chi connectivity index (χ2v) is 7.47. The Morgan fingerprint density at radius 3 is 2.89 bits per heavy atom. The van der Waals surface area contributed by atoms with E-state index < -0.39 is 0 Å². The Bertz CT molecular complexity index is 830. The number of allylic oxidation sites excluding steroid dienone is 1. The van der Waals surface area contributed by atoms with Crippen LogP contribution >= 0.6 is 0 Å². The molecular formula is C19H25N5O3. The van der Waals surface area contributed by atoms with Gasteiger partial charge in [0.25, 0.3) is 5.89 Å². The Balaban J connectivity index is 1.51. The van der Waals surface area contributed by atoms with Crippen molar-refractivity contribution < 1.29 is 14.1 Å². The molecule has 1 saturated carbocycles. The summed E-state index contributed by atoms with van der Waals surface area (Å²) >= 11 is 0. The van der Waals surface area contributed by atoms with E-state index in [0.29, 0.717) is 31.5 Å². The van der Waals surface area contributed by atoms with Gasteiger partial charge in [0, 0.05) is 25.9 Å². The maximum Gasteiger partial charge on any atom is 0.261 e. The van der Waals surface area contributed by atoms with Crippen LogP contribution in [0.2, 0.25) is 0 Å². The first-order chi connectivity index (χ1) is 13.1. The number of ether oxygens (including phenoxy) is 1. The van der Waals surface area contributed by atoms with Crippen LogP contribution in [0.4, 0.5) is 0 Å². The average molecular weight is 371 g/mol. The van der Waals surface area contributed by atoms with E-state index in [1.165, 1.54) is 5.57 Å². The molecule has 1 aliphatic carbocycles. The summed E-state index contributed by atoms with van der Waals surface area (Å²) in [6.45, 7) is 3.70. The Kier molecular flexibility index (Phi) is 5.07. The van der Waals surface area contributed by atoms with E-state index in [1.807, 2.05) is 19.3 Å². The summed E-state index contributed by atoms with van der Waals surface area (Å²) in [6, 6.07) is -0.334. The first kappa shape index (κ1) is 17.9. The Labute approximate surface area is 158 Å². The van der Waals surface area contributed by atoms with Crippen LogP contribution in [0.15, 0.2) is 28.6 Å². The van der Waals surface area contributed by atoms with Crippen LogP contribution in [-0.4, -0.2) is 50.5 Å². The monoisotopic (exact) mass is 371 g/mol. The second-order valence-electron chi connectivity index (χ2n) is 7.47. The highest BCUT2D eigenvalue weighted by Crippen LogP contribution is 2.29. The van der Waals surface area contributed by atoms with Crippen molar-refractivity contribution in [2.24, 2.45) is 13.0 Å². The first-order valence-electron chi connectivity index (χ1n) is 9.50. The molecule has 1 atom stereocenters. The molecule has 4 rings (SSSR count). The molecule has 27 heavy (non-hydrogen) atoms. The van der Waals surface area contributed by atoms with Crippen LogP contribution in [0.5, 0.6) is 0 Å². The molecule has 0 bridgehead atoms. The van der Waals surface area contributed by atoms with Gasteiger partial charge in [-0.1, -0.05) is 17.7 Å². The largest absolute Gasteiger partial charge is 0.377 e. The lowest BCUT2D eigenvalue weighted by atomic mass is 9.87. The lowest BCUT2D eigenvalue weighted by Crippen LogP contribution is -2.43. The van der Waals surface area contributed by atoms with Gasteiger partial charge < -0.3 is 14.2 Å². The number of aryl methyl sites for hydroxylation is 1. The van der Waals surface area contributed by atoms with Crippen molar-refractivity contribution in [3.63, 3.8) is 0 Å². The molecule has 2 aromatic heterocycles. The zero-order valence-corrected chi connectivity index (χ0v) is 15.8. The fourth-order valence-electron chi connectivity index (χ4n) is 3.64. The van der Waals surface area contributed by atoms with E-state index in [2.05, 4.69) is 22.2 Å². The number of carbonyl (C=O) groups excluding carboxylic acids is 1. The highest BCUT2D eigenvalue weighted by Gasteiger charge is 2.32. The molecule has 2 aromatic rings. The minimum absolute atomic E-state index is 0.0144. The van der Waals surface area contributed by atoms with Gasteiger partial charge in [0.15, 0.2) is 5.82 Å². The molecule has 144 valence electrons. The summed E-state index contributed by atoms with van der Waals surface area (Å²) in [5.74, 6) is 1.63. The number of morpholine rings is 1. The summed E-state index contributed by atoms with van der Waals surface area (Å²) in [5.41, 5.74) is 2.00. The predicted molar refractivity (Wildman–Crippen MR) is 97.5 cm³/mol. The predicted octanol–water partition coefficient (Wildman–Crippen LogP) is 2.51. The highest BCUT2D eigenvalue weighted by molar-refractivity contribution is 5.88. The van der Waals surface area contributed by atoms with Crippen LogP contribution in [0.3, 0.4) is 0 Å². The normalized spacial score (nSPS) is 23.5. The first-order valence-corrected chi connectivity index (χ1v) is 9.50. The molecule has 8 nitrogen and oxygen atoms in total. The van der Waals surface area contributed by atoms with E-state index in [4.69, 9.17) is 9.26 Å². The van der Waals surface area contributed by atoms with Gasteiger partial charge in [0.2, 0.25) is 5.91 Å². The van der Waals surface area contributed by atoms with Crippen LogP contribution < -0.4 is 0 Å². The van der Waals surface area contributed by atoms with Crippen molar-refractivity contribution in [2.75, 3.05) is 19.8 Å². The van der Waals surface area contributed by atoms with Crippen LogP contribution in [0.1, 0.15) is 44.5 Å². The summed E-state index contributed by atoms with van der Waals surface area (Å²) in [4.78, 5) is 19.2. The van der Waals surface area contributed by atoms with Crippen LogP contribution in [0.25, 0.3) is 11.5 Å². The summed E-state index contributed by atoms with van der Waals surface area (Å²) in [5, 5.41) is 8.22. The molecular weight excluding hydrogens is 346 g/mol. The van der Waals surface area contributed by atoms with Crippen molar-refractivity contribution >= 4 is 5.91 Å². The Hall–Kier alpha value is -2.48. The minimum atomic E-state index is -0.334. The van der Waals surface area contributed by atoms with Gasteiger partial charge in [-0.25, -0.2) is 0 Å². The molecule has 1 unspecified atom stereocenters.